The molecule has 148 valence electrons. The molecular formula is C19H26BrN3O4. The third-order valence-corrected chi connectivity index (χ3v) is 4.97. The Bertz CT molecular complexity index is 679. The smallest absolute Gasteiger partial charge is 0.276 e. The Kier molecular flexibility index (Phi) is 8.09. The summed E-state index contributed by atoms with van der Waals surface area (Å²) >= 11 is 3.41. The van der Waals surface area contributed by atoms with E-state index in [0.717, 1.165) is 47.7 Å². The third-order valence-electron chi connectivity index (χ3n) is 4.51. The average Bonchev–Trinajstić information content (AvgIpc) is 2.64. The minimum absolute atomic E-state index is 0.00747. The SMILES string of the molecule is Cc1cc(Br)cc(C)c1OCC(=O)NNC(=O)CNC(=O)C1CCCCC1. The van der Waals surface area contributed by atoms with Gasteiger partial charge in [-0.15, -0.1) is 0 Å². The van der Waals surface area contributed by atoms with Crippen molar-refractivity contribution in [1.82, 2.24) is 16.2 Å². The topological polar surface area (TPSA) is 96.5 Å². The van der Waals surface area contributed by atoms with Crippen LogP contribution >= 0.6 is 15.9 Å². The van der Waals surface area contributed by atoms with Gasteiger partial charge in [0.2, 0.25) is 5.91 Å². The highest BCUT2D eigenvalue weighted by Gasteiger charge is 2.21. The van der Waals surface area contributed by atoms with Crippen LogP contribution in [0.25, 0.3) is 0 Å². The molecule has 0 heterocycles. The number of hydrazine groups is 1. The molecule has 7 nitrogen and oxygen atoms in total. The molecule has 27 heavy (non-hydrogen) atoms. The Morgan fingerprint density at radius 3 is 2.26 bits per heavy atom. The maximum absolute atomic E-state index is 12.0. The summed E-state index contributed by atoms with van der Waals surface area (Å²) in [7, 11) is 0. The Hall–Kier alpha value is -2.09. The van der Waals surface area contributed by atoms with Gasteiger partial charge in [0.15, 0.2) is 6.61 Å². The molecule has 0 atom stereocenters. The number of rotatable bonds is 6. The number of amides is 3. The maximum Gasteiger partial charge on any atom is 0.276 e. The summed E-state index contributed by atoms with van der Waals surface area (Å²) < 4.78 is 6.48. The van der Waals surface area contributed by atoms with E-state index in [4.69, 9.17) is 4.74 Å². The zero-order chi connectivity index (χ0) is 19.8. The molecule has 1 aliphatic carbocycles. The summed E-state index contributed by atoms with van der Waals surface area (Å²) in [5.41, 5.74) is 6.37. The van der Waals surface area contributed by atoms with E-state index < -0.39 is 11.8 Å². The fourth-order valence-corrected chi connectivity index (χ4v) is 3.85. The highest BCUT2D eigenvalue weighted by Crippen LogP contribution is 2.27. The van der Waals surface area contributed by atoms with Crippen molar-refractivity contribution in [2.45, 2.75) is 46.0 Å². The fraction of sp³-hybridized carbons (Fsp3) is 0.526. The van der Waals surface area contributed by atoms with Crippen LogP contribution in [-0.4, -0.2) is 30.9 Å². The van der Waals surface area contributed by atoms with Crippen molar-refractivity contribution < 1.29 is 19.1 Å². The zero-order valence-electron chi connectivity index (χ0n) is 15.7. The van der Waals surface area contributed by atoms with Crippen LogP contribution < -0.4 is 20.9 Å². The minimum atomic E-state index is -0.483. The Balaban J connectivity index is 1.67. The molecule has 1 aromatic carbocycles. The molecule has 1 aliphatic rings. The normalized spacial score (nSPS) is 14.3. The first kappa shape index (κ1) is 21.2. The van der Waals surface area contributed by atoms with E-state index in [-0.39, 0.29) is 25.0 Å². The summed E-state index contributed by atoms with van der Waals surface area (Å²) in [4.78, 5) is 35.6. The predicted octanol–water partition coefficient (Wildman–Crippen LogP) is 2.29. The second-order valence-electron chi connectivity index (χ2n) is 6.81. The molecule has 0 spiro atoms. The monoisotopic (exact) mass is 439 g/mol. The first-order valence-electron chi connectivity index (χ1n) is 9.11. The van der Waals surface area contributed by atoms with E-state index in [2.05, 4.69) is 32.1 Å². The van der Waals surface area contributed by atoms with Crippen molar-refractivity contribution in [3.63, 3.8) is 0 Å². The molecule has 8 heteroatoms. The molecule has 0 radical (unpaired) electrons. The molecule has 3 amide bonds. The van der Waals surface area contributed by atoms with Gasteiger partial charge < -0.3 is 10.1 Å². The molecule has 2 rings (SSSR count). The van der Waals surface area contributed by atoms with Crippen LogP contribution in [0, 0.1) is 19.8 Å². The number of benzene rings is 1. The Morgan fingerprint density at radius 1 is 1.04 bits per heavy atom. The molecule has 1 fully saturated rings. The summed E-state index contributed by atoms with van der Waals surface area (Å²) in [5, 5.41) is 2.62. The Morgan fingerprint density at radius 2 is 1.63 bits per heavy atom. The van der Waals surface area contributed by atoms with Gasteiger partial charge in [-0.1, -0.05) is 35.2 Å². The van der Waals surface area contributed by atoms with Gasteiger partial charge in [-0.3, -0.25) is 25.2 Å². The average molecular weight is 440 g/mol. The van der Waals surface area contributed by atoms with Crippen molar-refractivity contribution in [3.8, 4) is 5.75 Å². The summed E-state index contributed by atoms with van der Waals surface area (Å²) in [6, 6.07) is 3.80. The number of nitrogens with one attached hydrogen (secondary N) is 3. The number of carbonyl (C=O) groups excluding carboxylic acids is 3. The number of aryl methyl sites for hydroxylation is 2. The molecule has 0 bridgehead atoms. The van der Waals surface area contributed by atoms with Crippen molar-refractivity contribution in [2.24, 2.45) is 5.92 Å². The highest BCUT2D eigenvalue weighted by molar-refractivity contribution is 9.10. The van der Waals surface area contributed by atoms with Gasteiger partial charge in [-0.25, -0.2) is 0 Å². The van der Waals surface area contributed by atoms with Crippen LogP contribution in [0.4, 0.5) is 0 Å². The zero-order valence-corrected chi connectivity index (χ0v) is 17.3. The second-order valence-corrected chi connectivity index (χ2v) is 7.72. The maximum atomic E-state index is 12.0. The van der Waals surface area contributed by atoms with Gasteiger partial charge in [-0.05, 0) is 49.9 Å². The van der Waals surface area contributed by atoms with Crippen LogP contribution in [0.5, 0.6) is 5.75 Å². The first-order valence-corrected chi connectivity index (χ1v) is 9.91. The highest BCUT2D eigenvalue weighted by atomic mass is 79.9. The third kappa shape index (κ3) is 6.86. The molecule has 0 aliphatic heterocycles. The summed E-state index contributed by atoms with van der Waals surface area (Å²) in [6.07, 6.45) is 5.01. The van der Waals surface area contributed by atoms with Gasteiger partial charge in [0.05, 0.1) is 6.54 Å². The second kappa shape index (κ2) is 10.3. The number of hydrogen-bond acceptors (Lipinski definition) is 4. The molecule has 0 aromatic heterocycles. The predicted molar refractivity (Wildman–Crippen MR) is 105 cm³/mol. The molecule has 1 saturated carbocycles. The van der Waals surface area contributed by atoms with Crippen molar-refractivity contribution in [1.29, 1.82) is 0 Å². The lowest BCUT2D eigenvalue weighted by atomic mass is 9.89. The van der Waals surface area contributed by atoms with E-state index in [9.17, 15) is 14.4 Å². The van der Waals surface area contributed by atoms with Gasteiger partial charge in [0, 0.05) is 10.4 Å². The fourth-order valence-electron chi connectivity index (χ4n) is 3.16. The summed E-state index contributed by atoms with van der Waals surface area (Å²) in [5.74, 6) is -0.431. The van der Waals surface area contributed by atoms with E-state index >= 15 is 0 Å². The van der Waals surface area contributed by atoms with Crippen molar-refractivity contribution in [2.75, 3.05) is 13.2 Å². The van der Waals surface area contributed by atoms with Crippen LogP contribution in [-0.2, 0) is 14.4 Å². The van der Waals surface area contributed by atoms with Gasteiger partial charge in [-0.2, -0.15) is 0 Å². The molecule has 1 aromatic rings. The van der Waals surface area contributed by atoms with E-state index in [0.29, 0.717) is 5.75 Å². The quantitative estimate of drug-likeness (QED) is 0.592. The van der Waals surface area contributed by atoms with Crippen LogP contribution in [0.1, 0.15) is 43.2 Å². The lowest BCUT2D eigenvalue weighted by Gasteiger charge is -2.20. The molecular weight excluding hydrogens is 414 g/mol. The number of halogens is 1. The van der Waals surface area contributed by atoms with Crippen molar-refractivity contribution >= 4 is 33.7 Å². The molecule has 3 N–H and O–H groups in total. The number of ether oxygens (including phenoxy) is 1. The number of hydrogen-bond donors (Lipinski definition) is 3. The minimum Gasteiger partial charge on any atom is -0.483 e. The van der Waals surface area contributed by atoms with Gasteiger partial charge >= 0.3 is 0 Å². The lowest BCUT2D eigenvalue weighted by molar-refractivity contribution is -0.131. The van der Waals surface area contributed by atoms with E-state index in [1.807, 2.05) is 26.0 Å². The van der Waals surface area contributed by atoms with Crippen LogP contribution in [0.15, 0.2) is 16.6 Å². The standard InChI is InChI=1S/C19H26BrN3O4/c1-12-8-15(20)9-13(2)18(12)27-11-17(25)23-22-16(24)10-21-19(26)14-6-4-3-5-7-14/h8-9,14H,3-7,10-11H2,1-2H3,(H,21,26)(H,22,24)(H,23,25). The van der Waals surface area contributed by atoms with Crippen LogP contribution in [0.2, 0.25) is 0 Å². The van der Waals surface area contributed by atoms with E-state index in [1.165, 1.54) is 0 Å². The van der Waals surface area contributed by atoms with Gasteiger partial charge in [0.25, 0.3) is 11.8 Å². The van der Waals surface area contributed by atoms with E-state index in [1.54, 1.807) is 0 Å². The Labute approximate surface area is 167 Å². The lowest BCUT2D eigenvalue weighted by Crippen LogP contribution is -2.48. The largest absolute Gasteiger partial charge is 0.483 e. The van der Waals surface area contributed by atoms with Crippen molar-refractivity contribution in [3.05, 3.63) is 27.7 Å². The first-order chi connectivity index (χ1) is 12.9. The van der Waals surface area contributed by atoms with Crippen LogP contribution in [0.3, 0.4) is 0 Å². The molecule has 0 saturated heterocycles. The summed E-state index contributed by atoms with van der Waals surface area (Å²) in [6.45, 7) is 3.39. The van der Waals surface area contributed by atoms with Gasteiger partial charge in [0.1, 0.15) is 5.75 Å². The molecule has 0 unspecified atom stereocenters. The number of carbonyl (C=O) groups is 3.